The molecule has 1 N–H and O–H groups in total. The Morgan fingerprint density at radius 2 is 2.14 bits per heavy atom. The molecule has 0 atom stereocenters. The lowest BCUT2D eigenvalue weighted by Gasteiger charge is -2.16. The maximum absolute atomic E-state index is 12.5. The van der Waals surface area contributed by atoms with Crippen LogP contribution in [0.5, 0.6) is 0 Å². The summed E-state index contributed by atoms with van der Waals surface area (Å²) in [5.74, 6) is -4.17. The first-order valence-electron chi connectivity index (χ1n) is 3.74. The van der Waals surface area contributed by atoms with Crippen molar-refractivity contribution in [3.05, 3.63) is 18.2 Å². The van der Waals surface area contributed by atoms with Crippen LogP contribution in [0.2, 0.25) is 0 Å². The van der Waals surface area contributed by atoms with Gasteiger partial charge in [-0.2, -0.15) is 8.78 Å². The van der Waals surface area contributed by atoms with Crippen molar-refractivity contribution in [2.75, 3.05) is 0 Å². The van der Waals surface area contributed by atoms with Crippen molar-refractivity contribution in [1.29, 1.82) is 0 Å². The van der Waals surface area contributed by atoms with Gasteiger partial charge >= 0.3 is 12.3 Å². The van der Waals surface area contributed by atoms with Crippen LogP contribution >= 0.6 is 0 Å². The van der Waals surface area contributed by atoms with Crippen molar-refractivity contribution in [3.8, 4) is 0 Å². The Morgan fingerprint density at radius 1 is 1.50 bits per heavy atom. The summed E-state index contributed by atoms with van der Waals surface area (Å²) in [5.41, 5.74) is 0. The molecule has 0 aliphatic rings. The van der Waals surface area contributed by atoms with Gasteiger partial charge in [0.15, 0.2) is 0 Å². The maximum Gasteiger partial charge on any atom is 0.324 e. The van der Waals surface area contributed by atoms with Crippen LogP contribution in [0.4, 0.5) is 17.6 Å². The van der Waals surface area contributed by atoms with Gasteiger partial charge < -0.3 is 9.67 Å². The number of alkyl halides is 4. The van der Waals surface area contributed by atoms with Gasteiger partial charge in [0.25, 0.3) is 0 Å². The van der Waals surface area contributed by atoms with Gasteiger partial charge in [0.2, 0.25) is 0 Å². The largest absolute Gasteiger partial charge is 0.388 e. The first kappa shape index (κ1) is 11.0. The predicted octanol–water partition coefficient (Wildman–Crippen LogP) is 1.28. The molecule has 14 heavy (non-hydrogen) atoms. The second-order valence-corrected chi connectivity index (χ2v) is 2.69. The molecule has 0 amide bonds. The van der Waals surface area contributed by atoms with Crippen LogP contribution in [0.1, 0.15) is 5.82 Å². The molecule has 0 aromatic carbocycles. The molecule has 0 bridgehead atoms. The Morgan fingerprint density at radius 3 is 2.64 bits per heavy atom. The molecule has 3 nitrogen and oxygen atoms in total. The number of halogens is 4. The van der Waals surface area contributed by atoms with Crippen molar-refractivity contribution in [2.45, 2.75) is 25.5 Å². The minimum atomic E-state index is -4.11. The standard InChI is InChI=1S/C7H8F4N2O/c8-6(9)7(10,11)4-13-2-1-12-5(13)3-14/h1-2,6,14H,3-4H2. The van der Waals surface area contributed by atoms with Crippen molar-refractivity contribution in [2.24, 2.45) is 0 Å². The Hall–Kier alpha value is -1.11. The van der Waals surface area contributed by atoms with Crippen LogP contribution in [0.15, 0.2) is 12.4 Å². The van der Waals surface area contributed by atoms with Crippen molar-refractivity contribution in [1.82, 2.24) is 9.55 Å². The molecule has 0 spiro atoms. The zero-order valence-corrected chi connectivity index (χ0v) is 7.00. The average molecular weight is 212 g/mol. The normalized spacial score (nSPS) is 12.4. The molecular weight excluding hydrogens is 204 g/mol. The number of aliphatic hydroxyl groups excluding tert-OH is 1. The summed E-state index contributed by atoms with van der Waals surface area (Å²) in [6, 6.07) is 0. The quantitative estimate of drug-likeness (QED) is 0.763. The Labute approximate surface area is 77.0 Å². The molecule has 1 aromatic heterocycles. The fourth-order valence-electron chi connectivity index (χ4n) is 0.932. The van der Waals surface area contributed by atoms with E-state index < -0.39 is 25.5 Å². The zero-order valence-electron chi connectivity index (χ0n) is 7.00. The monoisotopic (exact) mass is 212 g/mol. The van der Waals surface area contributed by atoms with E-state index >= 15 is 0 Å². The topological polar surface area (TPSA) is 38.1 Å². The smallest absolute Gasteiger partial charge is 0.324 e. The summed E-state index contributed by atoms with van der Waals surface area (Å²) in [6.45, 7) is -1.74. The Bertz CT molecular complexity index is 300. The average Bonchev–Trinajstić information content (AvgIpc) is 2.50. The molecule has 1 heterocycles. The Kier molecular flexibility index (Phi) is 3.10. The summed E-state index contributed by atoms with van der Waals surface area (Å²) < 4.78 is 49.5. The lowest BCUT2D eigenvalue weighted by molar-refractivity contribution is -0.138. The van der Waals surface area contributed by atoms with E-state index in [2.05, 4.69) is 4.98 Å². The van der Waals surface area contributed by atoms with Crippen molar-refractivity contribution >= 4 is 0 Å². The van der Waals surface area contributed by atoms with Crippen molar-refractivity contribution in [3.63, 3.8) is 0 Å². The fourth-order valence-corrected chi connectivity index (χ4v) is 0.932. The molecule has 0 aliphatic carbocycles. The van der Waals surface area contributed by atoms with E-state index in [9.17, 15) is 17.6 Å². The molecule has 0 fully saturated rings. The number of nitrogens with zero attached hydrogens (tertiary/aromatic N) is 2. The number of aliphatic hydroxyl groups is 1. The number of rotatable bonds is 4. The van der Waals surface area contributed by atoms with Crippen LogP contribution in [0, 0.1) is 0 Å². The van der Waals surface area contributed by atoms with E-state index in [4.69, 9.17) is 5.11 Å². The molecule has 0 aliphatic heterocycles. The predicted molar refractivity (Wildman–Crippen MR) is 39.1 cm³/mol. The lowest BCUT2D eigenvalue weighted by atomic mass is 10.3. The van der Waals surface area contributed by atoms with E-state index in [-0.39, 0.29) is 5.82 Å². The van der Waals surface area contributed by atoms with Gasteiger partial charge in [-0.3, -0.25) is 0 Å². The van der Waals surface area contributed by atoms with Gasteiger partial charge in [0, 0.05) is 12.4 Å². The zero-order chi connectivity index (χ0) is 10.8. The summed E-state index contributed by atoms with van der Waals surface area (Å²) in [6.07, 6.45) is -1.45. The third-order valence-corrected chi connectivity index (χ3v) is 1.64. The van der Waals surface area contributed by atoms with Crippen LogP contribution in [0.3, 0.4) is 0 Å². The second kappa shape index (κ2) is 3.95. The summed E-state index contributed by atoms with van der Waals surface area (Å²) >= 11 is 0. The van der Waals surface area contributed by atoms with Crippen LogP contribution in [0.25, 0.3) is 0 Å². The minimum absolute atomic E-state index is 0.0645. The van der Waals surface area contributed by atoms with Gasteiger partial charge in [-0.15, -0.1) is 0 Å². The van der Waals surface area contributed by atoms with Crippen LogP contribution in [-0.2, 0) is 13.2 Å². The molecule has 0 unspecified atom stereocenters. The van der Waals surface area contributed by atoms with Gasteiger partial charge in [-0.05, 0) is 0 Å². The van der Waals surface area contributed by atoms with E-state index in [1.807, 2.05) is 0 Å². The highest BCUT2D eigenvalue weighted by Crippen LogP contribution is 2.25. The summed E-state index contributed by atoms with van der Waals surface area (Å²) in [5, 5.41) is 8.63. The first-order valence-corrected chi connectivity index (χ1v) is 3.74. The van der Waals surface area contributed by atoms with E-state index in [0.717, 1.165) is 17.0 Å². The lowest BCUT2D eigenvalue weighted by Crippen LogP contribution is -2.32. The van der Waals surface area contributed by atoms with Crippen LogP contribution < -0.4 is 0 Å². The van der Waals surface area contributed by atoms with Crippen molar-refractivity contribution < 1.29 is 22.7 Å². The highest BCUT2D eigenvalue weighted by Gasteiger charge is 2.41. The minimum Gasteiger partial charge on any atom is -0.388 e. The van der Waals surface area contributed by atoms with Crippen LogP contribution in [-0.4, -0.2) is 27.0 Å². The maximum atomic E-state index is 12.5. The van der Waals surface area contributed by atoms with Gasteiger partial charge in [-0.25, -0.2) is 13.8 Å². The Balaban J connectivity index is 2.78. The number of imidazole rings is 1. The third kappa shape index (κ3) is 2.22. The number of hydrogen-bond acceptors (Lipinski definition) is 2. The molecular formula is C7H8F4N2O. The van der Waals surface area contributed by atoms with Gasteiger partial charge in [-0.1, -0.05) is 0 Å². The van der Waals surface area contributed by atoms with E-state index in [0.29, 0.717) is 0 Å². The molecule has 1 rings (SSSR count). The fraction of sp³-hybridized carbons (Fsp3) is 0.571. The number of hydrogen-bond donors (Lipinski definition) is 1. The molecule has 0 radical (unpaired) electrons. The summed E-state index contributed by atoms with van der Waals surface area (Å²) in [4.78, 5) is 3.51. The number of aromatic nitrogens is 2. The van der Waals surface area contributed by atoms with E-state index in [1.165, 1.54) is 0 Å². The summed E-state index contributed by atoms with van der Waals surface area (Å²) in [7, 11) is 0. The molecule has 0 saturated carbocycles. The molecule has 80 valence electrons. The molecule has 7 heteroatoms. The highest BCUT2D eigenvalue weighted by atomic mass is 19.3. The molecule has 1 aromatic rings. The first-order chi connectivity index (χ1) is 6.47. The molecule has 0 saturated heterocycles. The van der Waals surface area contributed by atoms with Gasteiger partial charge in [0.05, 0.1) is 6.54 Å². The van der Waals surface area contributed by atoms with E-state index in [1.54, 1.807) is 0 Å². The second-order valence-electron chi connectivity index (χ2n) is 2.69. The highest BCUT2D eigenvalue weighted by molar-refractivity contribution is 4.92. The van der Waals surface area contributed by atoms with Gasteiger partial charge in [0.1, 0.15) is 12.4 Å². The third-order valence-electron chi connectivity index (χ3n) is 1.64. The SMILES string of the molecule is OCc1nccn1CC(F)(F)C(F)F.